The largest absolute Gasteiger partial charge is 0.497 e. The molecule has 3 rings (SSSR count). The number of aryl methyl sites for hydroxylation is 1. The highest BCUT2D eigenvalue weighted by molar-refractivity contribution is 5.76. The van der Waals surface area contributed by atoms with Crippen LogP contribution in [0.25, 0.3) is 0 Å². The molecule has 1 aliphatic heterocycles. The van der Waals surface area contributed by atoms with E-state index in [4.69, 9.17) is 4.74 Å². The van der Waals surface area contributed by atoms with Gasteiger partial charge in [-0.25, -0.2) is 0 Å². The predicted octanol–water partition coefficient (Wildman–Crippen LogP) is 2.23. The SMILES string of the molecule is COc1ccc(CCC(=O)NC[C@@H](c2ccc(N(C)C)cc2)[NH+]2CCCC2)cc1. The molecule has 0 aliphatic carbocycles. The Morgan fingerprint density at radius 2 is 1.72 bits per heavy atom. The topological polar surface area (TPSA) is 46.0 Å². The van der Waals surface area contributed by atoms with Gasteiger partial charge in [-0.3, -0.25) is 4.79 Å². The van der Waals surface area contributed by atoms with Crippen LogP contribution in [-0.2, 0) is 11.2 Å². The van der Waals surface area contributed by atoms with Gasteiger partial charge in [0.1, 0.15) is 11.8 Å². The molecule has 0 saturated carbocycles. The lowest BCUT2D eigenvalue weighted by Gasteiger charge is -2.26. The molecule has 29 heavy (non-hydrogen) atoms. The highest BCUT2D eigenvalue weighted by Gasteiger charge is 2.27. The Morgan fingerprint density at radius 3 is 2.31 bits per heavy atom. The Labute approximate surface area is 174 Å². The molecule has 5 nitrogen and oxygen atoms in total. The molecule has 0 spiro atoms. The molecule has 1 saturated heterocycles. The Hall–Kier alpha value is -2.53. The minimum Gasteiger partial charge on any atom is -0.497 e. The third-order valence-electron chi connectivity index (χ3n) is 5.85. The van der Waals surface area contributed by atoms with Crippen LogP contribution in [0.2, 0.25) is 0 Å². The molecule has 1 amide bonds. The van der Waals surface area contributed by atoms with Crippen LogP contribution in [0, 0.1) is 0 Å². The van der Waals surface area contributed by atoms with E-state index in [0.29, 0.717) is 19.0 Å². The zero-order valence-corrected chi connectivity index (χ0v) is 17.9. The molecule has 0 bridgehead atoms. The van der Waals surface area contributed by atoms with Crippen LogP contribution in [0.4, 0.5) is 5.69 Å². The fraction of sp³-hybridized carbons (Fsp3) is 0.458. The van der Waals surface area contributed by atoms with Crippen LogP contribution in [-0.4, -0.2) is 46.7 Å². The summed E-state index contributed by atoms with van der Waals surface area (Å²) in [6, 6.07) is 17.0. The van der Waals surface area contributed by atoms with Crippen molar-refractivity contribution in [1.82, 2.24) is 5.32 Å². The summed E-state index contributed by atoms with van der Waals surface area (Å²) in [6.45, 7) is 3.06. The van der Waals surface area contributed by atoms with E-state index in [1.165, 1.54) is 37.2 Å². The molecule has 1 atom stereocenters. The van der Waals surface area contributed by atoms with E-state index in [-0.39, 0.29) is 5.91 Å². The maximum absolute atomic E-state index is 12.5. The smallest absolute Gasteiger partial charge is 0.220 e. The Morgan fingerprint density at radius 1 is 1.07 bits per heavy atom. The highest BCUT2D eigenvalue weighted by Crippen LogP contribution is 2.17. The maximum Gasteiger partial charge on any atom is 0.220 e. The minimum absolute atomic E-state index is 0.120. The number of anilines is 1. The van der Waals surface area contributed by atoms with Crippen molar-refractivity contribution in [3.63, 3.8) is 0 Å². The van der Waals surface area contributed by atoms with E-state index in [2.05, 4.69) is 48.6 Å². The molecule has 1 heterocycles. The average Bonchev–Trinajstić information content (AvgIpc) is 3.27. The number of benzene rings is 2. The Kier molecular flexibility index (Phi) is 7.53. The lowest BCUT2D eigenvalue weighted by Crippen LogP contribution is -3.11. The summed E-state index contributed by atoms with van der Waals surface area (Å²) in [6.07, 6.45) is 3.79. The van der Waals surface area contributed by atoms with Gasteiger partial charge < -0.3 is 19.9 Å². The van der Waals surface area contributed by atoms with E-state index in [0.717, 1.165) is 17.7 Å². The van der Waals surface area contributed by atoms with Crippen molar-refractivity contribution in [1.29, 1.82) is 0 Å². The fourth-order valence-electron chi connectivity index (χ4n) is 4.03. The maximum atomic E-state index is 12.5. The van der Waals surface area contributed by atoms with Gasteiger partial charge in [0.05, 0.1) is 26.7 Å². The van der Waals surface area contributed by atoms with Crippen LogP contribution in [0.3, 0.4) is 0 Å². The second kappa shape index (κ2) is 10.3. The number of nitrogens with one attached hydrogen (secondary N) is 2. The Balaban J connectivity index is 1.56. The third-order valence-corrected chi connectivity index (χ3v) is 5.85. The lowest BCUT2D eigenvalue weighted by atomic mass is 10.0. The van der Waals surface area contributed by atoms with E-state index in [1.807, 2.05) is 24.3 Å². The molecular weight excluding hydrogens is 362 g/mol. The van der Waals surface area contributed by atoms with Crippen molar-refractivity contribution in [2.75, 3.05) is 45.7 Å². The van der Waals surface area contributed by atoms with Crippen LogP contribution in [0.1, 0.15) is 36.4 Å². The summed E-state index contributed by atoms with van der Waals surface area (Å²) in [7, 11) is 5.78. The lowest BCUT2D eigenvalue weighted by molar-refractivity contribution is -0.918. The number of amides is 1. The van der Waals surface area contributed by atoms with Gasteiger partial charge in [0, 0.05) is 44.6 Å². The molecule has 2 N–H and O–H groups in total. The number of nitrogens with zero attached hydrogens (tertiary/aromatic N) is 1. The molecule has 2 aromatic carbocycles. The summed E-state index contributed by atoms with van der Waals surface area (Å²) in [5.41, 5.74) is 3.66. The first-order chi connectivity index (χ1) is 14.1. The number of hydrogen-bond donors (Lipinski definition) is 2. The second-order valence-electron chi connectivity index (χ2n) is 8.06. The predicted molar refractivity (Wildman–Crippen MR) is 118 cm³/mol. The van der Waals surface area contributed by atoms with Crippen molar-refractivity contribution >= 4 is 11.6 Å². The Bertz CT molecular complexity index is 766. The number of carbonyl (C=O) groups is 1. The average molecular weight is 397 g/mol. The van der Waals surface area contributed by atoms with E-state index in [9.17, 15) is 4.79 Å². The van der Waals surface area contributed by atoms with E-state index in [1.54, 1.807) is 12.0 Å². The summed E-state index contributed by atoms with van der Waals surface area (Å²) in [5, 5.41) is 3.19. The normalized spacial score (nSPS) is 15.1. The van der Waals surface area contributed by atoms with Crippen molar-refractivity contribution < 1.29 is 14.4 Å². The molecular formula is C24H34N3O2+. The number of quaternary nitrogens is 1. The molecule has 156 valence electrons. The standard InChI is InChI=1S/C24H33N3O2/c1-26(2)21-11-9-20(10-12-21)23(27-16-4-5-17-27)18-25-24(28)15-8-19-6-13-22(29-3)14-7-19/h6-7,9-14,23H,4-5,8,15-18H2,1-3H3,(H,25,28)/p+1/t23-/m0/s1. The van der Waals surface area contributed by atoms with Crippen LogP contribution >= 0.6 is 0 Å². The first kappa shape index (κ1) is 21.2. The summed E-state index contributed by atoms with van der Waals surface area (Å²) in [4.78, 5) is 16.2. The second-order valence-corrected chi connectivity index (χ2v) is 8.06. The van der Waals surface area contributed by atoms with Gasteiger partial charge in [-0.15, -0.1) is 0 Å². The fourth-order valence-corrected chi connectivity index (χ4v) is 4.03. The van der Waals surface area contributed by atoms with Crippen LogP contribution in [0.15, 0.2) is 48.5 Å². The molecule has 5 heteroatoms. The van der Waals surface area contributed by atoms with Crippen molar-refractivity contribution in [3.8, 4) is 5.75 Å². The molecule has 1 aliphatic rings. The molecule has 2 aromatic rings. The van der Waals surface area contributed by atoms with Gasteiger partial charge >= 0.3 is 0 Å². The van der Waals surface area contributed by atoms with Crippen LogP contribution in [0.5, 0.6) is 5.75 Å². The minimum atomic E-state index is 0.120. The highest BCUT2D eigenvalue weighted by atomic mass is 16.5. The number of ether oxygens (including phenoxy) is 1. The number of likely N-dealkylation sites (tertiary alicyclic amines) is 1. The number of hydrogen-bond acceptors (Lipinski definition) is 3. The number of rotatable bonds is 9. The van der Waals surface area contributed by atoms with Gasteiger partial charge in [0.25, 0.3) is 0 Å². The third kappa shape index (κ3) is 5.97. The van der Waals surface area contributed by atoms with Crippen LogP contribution < -0.4 is 19.9 Å². The first-order valence-electron chi connectivity index (χ1n) is 10.6. The number of carbonyl (C=O) groups excluding carboxylic acids is 1. The van der Waals surface area contributed by atoms with Gasteiger partial charge in [0.2, 0.25) is 5.91 Å². The van der Waals surface area contributed by atoms with Gasteiger partial charge in [-0.2, -0.15) is 0 Å². The molecule has 1 fully saturated rings. The van der Waals surface area contributed by atoms with E-state index >= 15 is 0 Å². The van der Waals surface area contributed by atoms with Crippen molar-refractivity contribution in [2.45, 2.75) is 31.7 Å². The molecule has 0 radical (unpaired) electrons. The molecule has 0 aromatic heterocycles. The van der Waals surface area contributed by atoms with Crippen molar-refractivity contribution in [3.05, 3.63) is 59.7 Å². The zero-order chi connectivity index (χ0) is 20.6. The summed E-state index contributed by atoms with van der Waals surface area (Å²) in [5.74, 6) is 0.962. The van der Waals surface area contributed by atoms with E-state index < -0.39 is 0 Å². The quantitative estimate of drug-likeness (QED) is 0.683. The number of methoxy groups -OCH3 is 1. The van der Waals surface area contributed by atoms with Gasteiger partial charge in [-0.05, 0) is 36.2 Å². The van der Waals surface area contributed by atoms with Gasteiger partial charge in [0.15, 0.2) is 0 Å². The monoisotopic (exact) mass is 396 g/mol. The van der Waals surface area contributed by atoms with Crippen molar-refractivity contribution in [2.24, 2.45) is 0 Å². The van der Waals surface area contributed by atoms with Gasteiger partial charge in [-0.1, -0.05) is 24.3 Å². The molecule has 0 unspecified atom stereocenters. The zero-order valence-electron chi connectivity index (χ0n) is 17.9. The first-order valence-corrected chi connectivity index (χ1v) is 10.6. The summed E-state index contributed by atoms with van der Waals surface area (Å²) < 4.78 is 5.19. The summed E-state index contributed by atoms with van der Waals surface area (Å²) >= 11 is 0.